The van der Waals surface area contributed by atoms with Gasteiger partial charge in [-0.2, -0.15) is 0 Å². The molecule has 0 radical (unpaired) electrons. The van der Waals surface area contributed by atoms with Crippen molar-refractivity contribution < 1.29 is 0 Å². The molecule has 19 heterocycles. The second kappa shape index (κ2) is 34.0. The SMILES string of the molecule is c1ccc(-c2cccc(-c3cccc(-c4cc(-c5cccc(-c6cccc(-c7ccccn7)n6)n5)nc(-c5cccc(-c6cccc(-c7ccccn7)n6)n5)c4)n3)n2)nc1.c1ccc(-c2cncc(-c3cccc(-c4cc(-c5cccc(-c6cncc(-c7ccccn7)c6)n5)cc(-c5cccc(-c6cncc(-c7ccccn7)c6)n5)c4)n3)c2)nc1. The van der Waals surface area contributed by atoms with Crippen LogP contribution in [0.1, 0.15) is 0 Å². The summed E-state index contributed by atoms with van der Waals surface area (Å²) in [5.41, 5.74) is 28.7. The van der Waals surface area contributed by atoms with E-state index in [4.69, 9.17) is 49.8 Å². The van der Waals surface area contributed by atoms with Crippen LogP contribution >= 0.6 is 0 Å². The number of hydrogen-bond acceptors (Lipinski definition) is 19. The predicted molar refractivity (Wildman–Crippen MR) is 469 cm³/mol. The Morgan fingerprint density at radius 1 is 0.108 bits per heavy atom. The highest BCUT2D eigenvalue weighted by atomic mass is 14.9. The first kappa shape index (κ1) is 73.3. The Labute approximate surface area is 690 Å². The molecule has 19 nitrogen and oxygen atoms in total. The second-order valence-corrected chi connectivity index (χ2v) is 27.8. The lowest BCUT2D eigenvalue weighted by atomic mass is 9.97. The fourth-order valence-electron chi connectivity index (χ4n) is 13.9. The minimum absolute atomic E-state index is 0.648. The molecule has 564 valence electrons. The maximum atomic E-state index is 5.20. The lowest BCUT2D eigenvalue weighted by molar-refractivity contribution is 1.18. The van der Waals surface area contributed by atoms with Crippen LogP contribution < -0.4 is 0 Å². The Balaban J connectivity index is 0.000000159. The van der Waals surface area contributed by atoms with Crippen LogP contribution in [0.15, 0.2) is 396 Å². The fraction of sp³-hybridized carbons (Fsp3) is 0. The molecule has 0 spiro atoms. The highest BCUT2D eigenvalue weighted by Gasteiger charge is 2.20. The van der Waals surface area contributed by atoms with Gasteiger partial charge >= 0.3 is 0 Å². The van der Waals surface area contributed by atoms with Crippen LogP contribution in [0.5, 0.6) is 0 Å². The number of pyridine rings is 19. The van der Waals surface area contributed by atoms with Gasteiger partial charge in [-0.25, -0.2) is 49.8 Å². The van der Waals surface area contributed by atoms with E-state index in [0.29, 0.717) is 34.2 Å². The zero-order chi connectivity index (χ0) is 80.2. The van der Waals surface area contributed by atoms with Crippen LogP contribution in [0.25, 0.3) is 204 Å². The minimum Gasteiger partial charge on any atom is -0.263 e. The first-order valence-corrected chi connectivity index (χ1v) is 38.7. The first-order valence-electron chi connectivity index (χ1n) is 38.7. The van der Waals surface area contributed by atoms with E-state index in [1.54, 1.807) is 37.2 Å². The molecule has 0 unspecified atom stereocenters. The predicted octanol–water partition coefficient (Wildman–Crippen LogP) is 21.9. The molecule has 0 aliphatic carbocycles. The highest BCUT2D eigenvalue weighted by Crippen LogP contribution is 2.38. The topological polar surface area (TPSA) is 245 Å². The third-order valence-electron chi connectivity index (χ3n) is 19.8. The molecule has 0 saturated heterocycles. The largest absolute Gasteiger partial charge is 0.263 e. The van der Waals surface area contributed by atoms with Gasteiger partial charge in [0.25, 0.3) is 0 Å². The van der Waals surface area contributed by atoms with Crippen LogP contribution in [0, 0.1) is 0 Å². The van der Waals surface area contributed by atoms with E-state index in [0.717, 1.165) is 170 Å². The van der Waals surface area contributed by atoms with Crippen molar-refractivity contribution in [1.82, 2.24) is 94.7 Å². The van der Waals surface area contributed by atoms with Gasteiger partial charge in [0.05, 0.1) is 148 Å². The number of rotatable bonds is 18. The third kappa shape index (κ3) is 16.6. The zero-order valence-electron chi connectivity index (χ0n) is 64.0. The van der Waals surface area contributed by atoms with E-state index in [9.17, 15) is 0 Å². The molecule has 0 bridgehead atoms. The van der Waals surface area contributed by atoms with Gasteiger partial charge in [-0.05, 0) is 231 Å². The van der Waals surface area contributed by atoms with Crippen molar-refractivity contribution in [2.45, 2.75) is 0 Å². The molecule has 0 N–H and O–H groups in total. The lowest BCUT2D eigenvalue weighted by Crippen LogP contribution is -1.98. The number of nitrogens with zero attached hydrogens (tertiary/aromatic N) is 19. The summed E-state index contributed by atoms with van der Waals surface area (Å²) in [4.78, 5) is 91.6. The molecule has 19 aromatic heterocycles. The van der Waals surface area contributed by atoms with Crippen LogP contribution in [0.3, 0.4) is 0 Å². The summed E-state index contributed by atoms with van der Waals surface area (Å²) in [5.74, 6) is 0. The van der Waals surface area contributed by atoms with E-state index in [1.165, 1.54) is 0 Å². The van der Waals surface area contributed by atoms with Gasteiger partial charge in [-0.3, -0.25) is 44.9 Å². The highest BCUT2D eigenvalue weighted by molar-refractivity contribution is 5.83. The van der Waals surface area contributed by atoms with E-state index in [1.807, 2.05) is 322 Å². The molecule has 0 aliphatic heterocycles. The first-order chi connectivity index (χ1) is 59.4. The Morgan fingerprint density at radius 2 is 0.258 bits per heavy atom. The monoisotopic (exact) mass is 1540 g/mol. The summed E-state index contributed by atoms with van der Waals surface area (Å²) >= 11 is 0. The van der Waals surface area contributed by atoms with Crippen LogP contribution in [-0.2, 0) is 0 Å². The van der Waals surface area contributed by atoms with Crippen molar-refractivity contribution in [2.24, 2.45) is 0 Å². The Bertz CT molecular complexity index is 5940. The zero-order valence-corrected chi connectivity index (χ0v) is 64.0. The average Bonchev–Trinajstić information content (AvgIpc) is 0.785. The van der Waals surface area contributed by atoms with Crippen molar-refractivity contribution in [3.63, 3.8) is 0 Å². The molecular formula is C101H65N19. The smallest absolute Gasteiger partial charge is 0.0901 e. The Morgan fingerprint density at radius 3 is 0.492 bits per heavy atom. The molecular weight excluding hydrogens is 1480 g/mol. The maximum Gasteiger partial charge on any atom is 0.0901 e. The van der Waals surface area contributed by atoms with Crippen LogP contribution in [0.4, 0.5) is 0 Å². The summed E-state index contributed by atoms with van der Waals surface area (Å²) in [6.07, 6.45) is 21.6. The number of aromatic nitrogens is 19. The molecule has 1 aromatic carbocycles. The minimum atomic E-state index is 0.648. The standard InChI is InChI=1S/C51H33N9.C50H32N10/c1-4-19-55-43(10-1)37-25-40(31-52-28-37)49-16-7-13-46(58-49)34-22-35(47-14-8-17-50(59-47)41-26-38(29-53-32-41)44-11-2-5-20-56-44)24-36(23-34)48-15-9-18-51(60-48)42-27-39(30-54-33-42)45-12-3-6-21-57-45;1-4-28-51-35(13-1)38-17-8-21-42(55-38)41-20-7-16-34(54-41)33-31-49(47-26-11-24-45(58-47)43-22-9-18-39(56-43)36-14-2-5-29-52-36)60-50(32-33)48-27-12-25-46(59-48)44-23-10-19-40(57-44)37-15-3-6-30-53-37/h1-33H;1-32H. The molecule has 20 aromatic rings. The van der Waals surface area contributed by atoms with Gasteiger partial charge in [0.15, 0.2) is 0 Å². The summed E-state index contributed by atoms with van der Waals surface area (Å²) in [6.45, 7) is 0. The maximum absolute atomic E-state index is 5.20. The van der Waals surface area contributed by atoms with Crippen LogP contribution in [0.2, 0.25) is 0 Å². The molecule has 120 heavy (non-hydrogen) atoms. The molecule has 0 aliphatic rings. The van der Waals surface area contributed by atoms with E-state index >= 15 is 0 Å². The van der Waals surface area contributed by atoms with Gasteiger partial charge in [0.2, 0.25) is 0 Å². The quantitative estimate of drug-likeness (QED) is 0.0775. The lowest BCUT2D eigenvalue weighted by Gasteiger charge is -2.13. The third-order valence-corrected chi connectivity index (χ3v) is 19.8. The van der Waals surface area contributed by atoms with Crippen molar-refractivity contribution in [3.8, 4) is 204 Å². The Kier molecular flexibility index (Phi) is 20.8. The molecule has 20 rings (SSSR count). The van der Waals surface area contributed by atoms with Gasteiger partial charge < -0.3 is 0 Å². The normalized spacial score (nSPS) is 11.0. The molecule has 0 saturated carbocycles. The summed E-state index contributed by atoms with van der Waals surface area (Å²) in [6, 6.07) is 105. The summed E-state index contributed by atoms with van der Waals surface area (Å²) in [5, 5.41) is 0. The van der Waals surface area contributed by atoms with Gasteiger partial charge in [-0.1, -0.05) is 91.0 Å². The number of benzene rings is 1. The van der Waals surface area contributed by atoms with Crippen molar-refractivity contribution in [2.75, 3.05) is 0 Å². The van der Waals surface area contributed by atoms with Crippen molar-refractivity contribution in [1.29, 1.82) is 0 Å². The fourth-order valence-corrected chi connectivity index (χ4v) is 13.9. The van der Waals surface area contributed by atoms with Crippen LogP contribution in [-0.4, -0.2) is 94.7 Å². The summed E-state index contributed by atoms with van der Waals surface area (Å²) in [7, 11) is 0. The Hall–Kier alpha value is -16.9. The van der Waals surface area contributed by atoms with E-state index in [2.05, 4.69) is 81.3 Å². The molecule has 0 fully saturated rings. The van der Waals surface area contributed by atoms with Gasteiger partial charge in [-0.15, -0.1) is 0 Å². The van der Waals surface area contributed by atoms with Gasteiger partial charge in [0.1, 0.15) is 0 Å². The molecule has 0 amide bonds. The van der Waals surface area contributed by atoms with Gasteiger partial charge in [0, 0.05) is 130 Å². The molecule has 0 atom stereocenters. The van der Waals surface area contributed by atoms with Crippen molar-refractivity contribution >= 4 is 0 Å². The summed E-state index contributed by atoms with van der Waals surface area (Å²) < 4.78 is 0. The van der Waals surface area contributed by atoms with E-state index in [-0.39, 0.29) is 0 Å². The van der Waals surface area contributed by atoms with E-state index < -0.39 is 0 Å². The van der Waals surface area contributed by atoms with Crippen molar-refractivity contribution in [3.05, 3.63) is 396 Å². The second-order valence-electron chi connectivity index (χ2n) is 27.8. The number of hydrogen-bond donors (Lipinski definition) is 0. The average molecular weight is 1540 g/mol. The molecule has 19 heteroatoms.